The van der Waals surface area contributed by atoms with E-state index in [0.717, 1.165) is 25.7 Å². The molecule has 1 amide bonds. The maximum atomic E-state index is 11.7. The van der Waals surface area contributed by atoms with Crippen molar-refractivity contribution in [3.8, 4) is 0 Å². The number of amides is 1. The summed E-state index contributed by atoms with van der Waals surface area (Å²) in [4.78, 5) is 34.0. The van der Waals surface area contributed by atoms with Gasteiger partial charge in [0.1, 0.15) is 6.04 Å². The van der Waals surface area contributed by atoms with E-state index in [-0.39, 0.29) is 19.4 Å². The van der Waals surface area contributed by atoms with Crippen LogP contribution in [-0.2, 0) is 19.1 Å². The van der Waals surface area contributed by atoms with Crippen LogP contribution in [0.25, 0.3) is 0 Å². The Morgan fingerprint density at radius 3 is 2.45 bits per heavy atom. The molecule has 1 fully saturated rings. The van der Waals surface area contributed by atoms with E-state index in [1.807, 2.05) is 0 Å². The van der Waals surface area contributed by atoms with Gasteiger partial charge >= 0.3 is 18.0 Å². The monoisotopic (exact) mass is 315 g/mol. The molecule has 1 atom stereocenters. The molecule has 1 saturated carbocycles. The first kappa shape index (κ1) is 18.3. The van der Waals surface area contributed by atoms with E-state index >= 15 is 0 Å². The molecule has 2 N–H and O–H groups in total. The van der Waals surface area contributed by atoms with Crippen LogP contribution in [-0.4, -0.2) is 42.4 Å². The van der Waals surface area contributed by atoms with Crippen molar-refractivity contribution < 1.29 is 29.0 Å². The van der Waals surface area contributed by atoms with E-state index in [1.54, 1.807) is 6.92 Å². The van der Waals surface area contributed by atoms with Crippen LogP contribution < -0.4 is 5.32 Å². The first-order valence-corrected chi connectivity index (χ1v) is 7.84. The van der Waals surface area contributed by atoms with Gasteiger partial charge in [-0.1, -0.05) is 19.3 Å². The molecule has 7 heteroatoms. The van der Waals surface area contributed by atoms with Crippen molar-refractivity contribution in [3.05, 3.63) is 0 Å². The fourth-order valence-corrected chi connectivity index (χ4v) is 2.48. The minimum atomic E-state index is -1.20. The lowest BCUT2D eigenvalue weighted by molar-refractivity contribution is -0.144. The van der Waals surface area contributed by atoms with Gasteiger partial charge in [0.15, 0.2) is 0 Å². The second kappa shape index (κ2) is 10.0. The highest BCUT2D eigenvalue weighted by Gasteiger charge is 2.23. The summed E-state index contributed by atoms with van der Waals surface area (Å²) < 4.78 is 9.81. The van der Waals surface area contributed by atoms with E-state index in [9.17, 15) is 14.4 Å². The maximum Gasteiger partial charge on any atom is 0.407 e. The van der Waals surface area contributed by atoms with Crippen molar-refractivity contribution in [2.24, 2.45) is 5.92 Å². The van der Waals surface area contributed by atoms with Gasteiger partial charge < -0.3 is 19.9 Å². The Balaban J connectivity index is 2.30. The molecule has 126 valence electrons. The predicted octanol–water partition coefficient (Wildman–Crippen LogP) is 2.09. The summed E-state index contributed by atoms with van der Waals surface area (Å²) in [6, 6.07) is -1.15. The number of carboxylic acids is 1. The molecule has 1 aliphatic rings. The molecule has 7 nitrogen and oxygen atoms in total. The van der Waals surface area contributed by atoms with Crippen molar-refractivity contribution in [1.82, 2.24) is 5.32 Å². The van der Waals surface area contributed by atoms with Crippen LogP contribution in [0.3, 0.4) is 0 Å². The number of carbonyl (C=O) groups is 3. The lowest BCUT2D eigenvalue weighted by Crippen LogP contribution is -2.42. The summed E-state index contributed by atoms with van der Waals surface area (Å²) in [6.45, 7) is 2.23. The number of esters is 1. The zero-order valence-electron chi connectivity index (χ0n) is 13.0. The number of hydrogen-bond donors (Lipinski definition) is 2. The normalized spacial score (nSPS) is 16.6. The minimum absolute atomic E-state index is 0.0211. The first-order valence-electron chi connectivity index (χ1n) is 7.84. The fraction of sp³-hybridized carbons (Fsp3) is 0.800. The number of rotatable bonds is 8. The first-order chi connectivity index (χ1) is 10.5. The SMILES string of the molecule is CCOC(=O)CCC(NC(=O)OCC1CCCCC1)C(=O)O. The third-order valence-corrected chi connectivity index (χ3v) is 3.71. The highest BCUT2D eigenvalue weighted by Crippen LogP contribution is 2.23. The molecular formula is C15H25NO6. The predicted molar refractivity (Wildman–Crippen MR) is 78.3 cm³/mol. The molecule has 0 aliphatic heterocycles. The lowest BCUT2D eigenvalue weighted by atomic mass is 9.90. The number of ether oxygens (including phenoxy) is 2. The van der Waals surface area contributed by atoms with Crippen molar-refractivity contribution >= 4 is 18.0 Å². The van der Waals surface area contributed by atoms with E-state index in [4.69, 9.17) is 14.6 Å². The van der Waals surface area contributed by atoms with Gasteiger partial charge in [-0.2, -0.15) is 0 Å². The van der Waals surface area contributed by atoms with Gasteiger partial charge in [0, 0.05) is 6.42 Å². The third-order valence-electron chi connectivity index (χ3n) is 3.71. The second-order valence-corrected chi connectivity index (χ2v) is 5.48. The zero-order chi connectivity index (χ0) is 16.4. The van der Waals surface area contributed by atoms with Crippen LogP contribution in [0.15, 0.2) is 0 Å². The summed E-state index contributed by atoms with van der Waals surface area (Å²) in [5, 5.41) is 11.3. The zero-order valence-corrected chi connectivity index (χ0v) is 13.0. The summed E-state index contributed by atoms with van der Waals surface area (Å²) in [5.74, 6) is -1.31. The van der Waals surface area contributed by atoms with Crippen LogP contribution in [0.5, 0.6) is 0 Å². The number of nitrogens with one attached hydrogen (secondary N) is 1. The number of hydrogen-bond acceptors (Lipinski definition) is 5. The average molecular weight is 315 g/mol. The molecule has 0 saturated heterocycles. The Labute approximate surface area is 130 Å². The summed E-state index contributed by atoms with van der Waals surface area (Å²) >= 11 is 0. The van der Waals surface area contributed by atoms with Gasteiger partial charge in [0.05, 0.1) is 13.2 Å². The van der Waals surface area contributed by atoms with Crippen LogP contribution in [0.4, 0.5) is 4.79 Å². The van der Waals surface area contributed by atoms with Crippen molar-refractivity contribution in [3.63, 3.8) is 0 Å². The van der Waals surface area contributed by atoms with Gasteiger partial charge in [0.25, 0.3) is 0 Å². The minimum Gasteiger partial charge on any atom is -0.480 e. The van der Waals surface area contributed by atoms with Gasteiger partial charge in [0.2, 0.25) is 0 Å². The molecule has 1 aliphatic carbocycles. The Bertz CT molecular complexity index is 378. The van der Waals surface area contributed by atoms with Crippen molar-refractivity contribution in [2.75, 3.05) is 13.2 Å². The highest BCUT2D eigenvalue weighted by atomic mass is 16.5. The smallest absolute Gasteiger partial charge is 0.407 e. The molecule has 0 spiro atoms. The van der Waals surface area contributed by atoms with Crippen molar-refractivity contribution in [2.45, 2.75) is 57.9 Å². The van der Waals surface area contributed by atoms with Gasteiger partial charge in [-0.05, 0) is 32.1 Å². The molecular weight excluding hydrogens is 290 g/mol. The Morgan fingerprint density at radius 2 is 1.86 bits per heavy atom. The van der Waals surface area contributed by atoms with Gasteiger partial charge in [-0.3, -0.25) is 4.79 Å². The maximum absolute atomic E-state index is 11.7. The molecule has 0 aromatic heterocycles. The third kappa shape index (κ3) is 7.28. The fourth-order valence-electron chi connectivity index (χ4n) is 2.48. The molecule has 22 heavy (non-hydrogen) atoms. The number of alkyl carbamates (subject to hydrolysis) is 1. The molecule has 1 unspecified atom stereocenters. The summed E-state index contributed by atoms with van der Waals surface area (Å²) in [5.41, 5.74) is 0. The molecule has 0 radical (unpaired) electrons. The second-order valence-electron chi connectivity index (χ2n) is 5.48. The molecule has 1 rings (SSSR count). The van der Waals surface area contributed by atoms with E-state index < -0.39 is 24.1 Å². The van der Waals surface area contributed by atoms with Crippen molar-refractivity contribution in [1.29, 1.82) is 0 Å². The number of aliphatic carboxylic acids is 1. The highest BCUT2D eigenvalue weighted by molar-refractivity contribution is 5.80. The number of carbonyl (C=O) groups excluding carboxylic acids is 2. The topological polar surface area (TPSA) is 102 Å². The average Bonchev–Trinajstić information content (AvgIpc) is 2.50. The van der Waals surface area contributed by atoms with Crippen LogP contribution in [0, 0.1) is 5.92 Å². The molecule has 0 heterocycles. The van der Waals surface area contributed by atoms with E-state index in [0.29, 0.717) is 12.5 Å². The molecule has 0 aromatic carbocycles. The Morgan fingerprint density at radius 1 is 1.18 bits per heavy atom. The molecule has 0 bridgehead atoms. The Hall–Kier alpha value is -1.79. The Kier molecular flexibility index (Phi) is 8.32. The van der Waals surface area contributed by atoms with Crippen LogP contribution in [0.1, 0.15) is 51.9 Å². The van der Waals surface area contributed by atoms with Gasteiger partial charge in [-0.15, -0.1) is 0 Å². The number of carboxylic acid groups (broad SMARTS) is 1. The molecule has 0 aromatic rings. The standard InChI is InChI=1S/C15H25NO6/c1-2-21-13(17)9-8-12(14(18)19)16-15(20)22-10-11-6-4-3-5-7-11/h11-12H,2-10H2,1H3,(H,16,20)(H,18,19). The summed E-state index contributed by atoms with van der Waals surface area (Å²) in [7, 11) is 0. The van der Waals surface area contributed by atoms with Gasteiger partial charge in [-0.25, -0.2) is 9.59 Å². The summed E-state index contributed by atoms with van der Waals surface area (Å²) in [6.07, 6.45) is 4.76. The van der Waals surface area contributed by atoms with E-state index in [2.05, 4.69) is 5.32 Å². The van der Waals surface area contributed by atoms with Crippen LogP contribution >= 0.6 is 0 Å². The quantitative estimate of drug-likeness (QED) is 0.665. The largest absolute Gasteiger partial charge is 0.480 e. The van der Waals surface area contributed by atoms with Crippen LogP contribution in [0.2, 0.25) is 0 Å². The lowest BCUT2D eigenvalue weighted by Gasteiger charge is -2.21. The van der Waals surface area contributed by atoms with E-state index in [1.165, 1.54) is 6.42 Å².